The van der Waals surface area contributed by atoms with Crippen molar-refractivity contribution in [1.82, 2.24) is 14.8 Å². The molecule has 6 nitrogen and oxygen atoms in total. The van der Waals surface area contributed by atoms with Crippen LogP contribution >= 0.6 is 0 Å². The maximum absolute atomic E-state index is 7.94. The van der Waals surface area contributed by atoms with Crippen molar-refractivity contribution in [3.63, 3.8) is 0 Å². The molecular formula is C3H4N6. The molecule has 1 heterocycles. The van der Waals surface area contributed by atoms with Crippen LogP contribution in [0.3, 0.4) is 0 Å². The van der Waals surface area contributed by atoms with Gasteiger partial charge in [-0.05, 0) is 10.6 Å². The molecule has 0 N–H and O–H groups in total. The van der Waals surface area contributed by atoms with Crippen LogP contribution in [0.2, 0.25) is 0 Å². The quantitative estimate of drug-likeness (QED) is 0.314. The van der Waals surface area contributed by atoms with Gasteiger partial charge in [0.05, 0.1) is 0 Å². The summed E-state index contributed by atoms with van der Waals surface area (Å²) in [7, 11) is 1.65. The van der Waals surface area contributed by atoms with Crippen molar-refractivity contribution >= 4 is 5.95 Å². The van der Waals surface area contributed by atoms with E-state index in [1.165, 1.54) is 11.0 Å². The SMILES string of the molecule is Cn1ncnc1N=[N+]=[N-]. The highest BCUT2D eigenvalue weighted by Gasteiger charge is 1.91. The van der Waals surface area contributed by atoms with Crippen molar-refractivity contribution in [3.8, 4) is 0 Å². The smallest absolute Gasteiger partial charge is 0.214 e. The summed E-state index contributed by atoms with van der Waals surface area (Å²) in [6, 6.07) is 0. The van der Waals surface area contributed by atoms with Crippen molar-refractivity contribution in [3.05, 3.63) is 16.8 Å². The first-order chi connectivity index (χ1) is 4.34. The molecule has 6 heteroatoms. The number of hydrogen-bond donors (Lipinski definition) is 0. The molecule has 0 aliphatic rings. The summed E-state index contributed by atoms with van der Waals surface area (Å²) in [5.41, 5.74) is 7.94. The Kier molecular flexibility index (Phi) is 1.33. The van der Waals surface area contributed by atoms with Crippen molar-refractivity contribution in [2.75, 3.05) is 0 Å². The summed E-state index contributed by atoms with van der Waals surface area (Å²) < 4.78 is 1.39. The second-order valence-corrected chi connectivity index (χ2v) is 1.37. The largest absolute Gasteiger partial charge is 0.248 e. The first-order valence-electron chi connectivity index (χ1n) is 2.23. The summed E-state index contributed by atoms with van der Waals surface area (Å²) in [6.45, 7) is 0. The van der Waals surface area contributed by atoms with E-state index in [4.69, 9.17) is 5.53 Å². The Morgan fingerprint density at radius 3 is 3.11 bits per heavy atom. The third kappa shape index (κ3) is 0.974. The molecule has 1 aromatic rings. The van der Waals surface area contributed by atoms with Crippen LogP contribution in [0.1, 0.15) is 0 Å². The molecule has 0 radical (unpaired) electrons. The number of hydrogen-bond acceptors (Lipinski definition) is 3. The second-order valence-electron chi connectivity index (χ2n) is 1.37. The number of aromatic nitrogens is 3. The van der Waals surface area contributed by atoms with Gasteiger partial charge in [-0.3, -0.25) is 0 Å². The minimum absolute atomic E-state index is 0.275. The third-order valence-corrected chi connectivity index (χ3v) is 0.822. The van der Waals surface area contributed by atoms with E-state index in [1.54, 1.807) is 7.05 Å². The standard InChI is InChI=1S/C3H4N6/c1-9-3(7-8-4)5-2-6-9/h2H,1H3. The highest BCUT2D eigenvalue weighted by molar-refractivity contribution is 5.10. The maximum Gasteiger partial charge on any atom is 0.214 e. The van der Waals surface area contributed by atoms with Gasteiger partial charge in [-0.2, -0.15) is 5.10 Å². The summed E-state index contributed by atoms with van der Waals surface area (Å²) in [5.74, 6) is 0.275. The molecule has 9 heavy (non-hydrogen) atoms. The van der Waals surface area contributed by atoms with Crippen LogP contribution in [0.4, 0.5) is 5.95 Å². The lowest BCUT2D eigenvalue weighted by atomic mass is 11.0. The second kappa shape index (κ2) is 2.15. The fourth-order valence-corrected chi connectivity index (χ4v) is 0.421. The molecule has 46 valence electrons. The highest BCUT2D eigenvalue weighted by Crippen LogP contribution is 2.01. The van der Waals surface area contributed by atoms with Crippen LogP contribution in [-0.2, 0) is 7.05 Å². The molecule has 0 saturated carbocycles. The van der Waals surface area contributed by atoms with Gasteiger partial charge in [-0.15, -0.1) is 0 Å². The van der Waals surface area contributed by atoms with E-state index in [0.29, 0.717) is 0 Å². The fraction of sp³-hybridized carbons (Fsp3) is 0.333. The van der Waals surface area contributed by atoms with Crippen LogP contribution in [0.25, 0.3) is 10.4 Å². The lowest BCUT2D eigenvalue weighted by Gasteiger charge is -1.85. The van der Waals surface area contributed by atoms with Gasteiger partial charge in [-0.1, -0.05) is 0 Å². The molecule has 1 aromatic heterocycles. The Hall–Kier alpha value is -1.55. The van der Waals surface area contributed by atoms with E-state index in [0.717, 1.165) is 0 Å². The number of nitrogens with zero attached hydrogens (tertiary/aromatic N) is 6. The van der Waals surface area contributed by atoms with E-state index < -0.39 is 0 Å². The first-order valence-corrected chi connectivity index (χ1v) is 2.23. The third-order valence-electron chi connectivity index (χ3n) is 0.822. The lowest BCUT2D eigenvalue weighted by molar-refractivity contribution is 0.767. The van der Waals surface area contributed by atoms with Gasteiger partial charge in [-0.25, -0.2) is 9.67 Å². The van der Waals surface area contributed by atoms with Gasteiger partial charge in [0.15, 0.2) is 0 Å². The van der Waals surface area contributed by atoms with Gasteiger partial charge in [0.25, 0.3) is 0 Å². The summed E-state index contributed by atoms with van der Waals surface area (Å²) >= 11 is 0. The molecule has 0 aliphatic carbocycles. The van der Waals surface area contributed by atoms with Gasteiger partial charge < -0.3 is 0 Å². The average molecular weight is 124 g/mol. The van der Waals surface area contributed by atoms with E-state index in [1.807, 2.05) is 0 Å². The Labute approximate surface area is 50.8 Å². The molecular weight excluding hydrogens is 120 g/mol. The Bertz CT molecular complexity index is 243. The van der Waals surface area contributed by atoms with Crippen LogP contribution < -0.4 is 0 Å². The van der Waals surface area contributed by atoms with Crippen LogP contribution in [-0.4, -0.2) is 14.8 Å². The molecule has 0 atom stereocenters. The van der Waals surface area contributed by atoms with Gasteiger partial charge in [0.1, 0.15) is 6.33 Å². The normalized spacial score (nSPS) is 8.56. The Balaban J connectivity index is 3.07. The molecule has 0 spiro atoms. The predicted molar refractivity (Wildman–Crippen MR) is 29.8 cm³/mol. The number of aryl methyl sites for hydroxylation is 1. The zero-order valence-corrected chi connectivity index (χ0v) is 4.76. The van der Waals surface area contributed by atoms with E-state index >= 15 is 0 Å². The zero-order chi connectivity index (χ0) is 6.69. The first kappa shape index (κ1) is 5.58. The molecule has 1 rings (SSSR count). The van der Waals surface area contributed by atoms with E-state index in [2.05, 4.69) is 20.1 Å². The minimum Gasteiger partial charge on any atom is -0.248 e. The fourth-order valence-electron chi connectivity index (χ4n) is 0.421. The average Bonchev–Trinajstić information content (AvgIpc) is 2.18. The molecule has 0 fully saturated rings. The number of azide groups is 1. The Morgan fingerprint density at radius 2 is 2.67 bits per heavy atom. The van der Waals surface area contributed by atoms with Crippen LogP contribution in [0, 0.1) is 0 Å². The van der Waals surface area contributed by atoms with Crippen molar-refractivity contribution in [1.29, 1.82) is 0 Å². The molecule has 0 saturated heterocycles. The highest BCUT2D eigenvalue weighted by atomic mass is 15.4. The lowest BCUT2D eigenvalue weighted by Crippen LogP contribution is -1.86. The summed E-state index contributed by atoms with van der Waals surface area (Å²) in [6.07, 6.45) is 1.32. The van der Waals surface area contributed by atoms with E-state index in [9.17, 15) is 0 Å². The minimum atomic E-state index is 0.275. The molecule has 0 unspecified atom stereocenters. The van der Waals surface area contributed by atoms with Crippen molar-refractivity contribution in [2.24, 2.45) is 12.2 Å². The number of rotatable bonds is 1. The van der Waals surface area contributed by atoms with Crippen molar-refractivity contribution in [2.45, 2.75) is 0 Å². The van der Waals surface area contributed by atoms with Gasteiger partial charge in [0, 0.05) is 12.0 Å². The van der Waals surface area contributed by atoms with Gasteiger partial charge in [0.2, 0.25) is 5.95 Å². The molecule has 0 aromatic carbocycles. The van der Waals surface area contributed by atoms with Crippen LogP contribution in [0.5, 0.6) is 0 Å². The summed E-state index contributed by atoms with van der Waals surface area (Å²) in [5, 5.41) is 6.91. The molecule has 0 aliphatic heterocycles. The van der Waals surface area contributed by atoms with E-state index in [-0.39, 0.29) is 5.95 Å². The molecule has 0 bridgehead atoms. The predicted octanol–water partition coefficient (Wildman–Crippen LogP) is 0.757. The Morgan fingerprint density at radius 1 is 1.89 bits per heavy atom. The maximum atomic E-state index is 7.94. The van der Waals surface area contributed by atoms with Crippen LogP contribution in [0.15, 0.2) is 11.4 Å². The zero-order valence-electron chi connectivity index (χ0n) is 4.76. The monoisotopic (exact) mass is 124 g/mol. The topological polar surface area (TPSA) is 79.5 Å². The van der Waals surface area contributed by atoms with Crippen molar-refractivity contribution < 1.29 is 0 Å². The molecule has 0 amide bonds. The van der Waals surface area contributed by atoms with Gasteiger partial charge >= 0.3 is 0 Å². The summed E-state index contributed by atoms with van der Waals surface area (Å²) in [4.78, 5) is 6.18.